The van der Waals surface area contributed by atoms with E-state index in [1.54, 1.807) is 49.6 Å². The topological polar surface area (TPSA) is 98.2 Å². The molecule has 1 heterocycles. The average molecular weight is 397 g/mol. The van der Waals surface area contributed by atoms with Crippen LogP contribution in [0.1, 0.15) is 21.5 Å². The SMILES string of the molecule is Cc1cc(Oc2ncccn2)ccc1NC(=O)c1cc(S(C)(=O)=O)ccc1C. The van der Waals surface area contributed by atoms with Gasteiger partial charge in [0.2, 0.25) is 0 Å². The maximum Gasteiger partial charge on any atom is 0.321 e. The summed E-state index contributed by atoms with van der Waals surface area (Å²) in [6.45, 7) is 3.58. The van der Waals surface area contributed by atoms with Gasteiger partial charge in [0.1, 0.15) is 5.75 Å². The van der Waals surface area contributed by atoms with Gasteiger partial charge in [0.25, 0.3) is 5.91 Å². The molecule has 0 aliphatic heterocycles. The second-order valence-corrected chi connectivity index (χ2v) is 8.33. The van der Waals surface area contributed by atoms with E-state index in [2.05, 4.69) is 15.3 Å². The molecule has 0 radical (unpaired) electrons. The third-order valence-electron chi connectivity index (χ3n) is 4.08. The molecule has 0 spiro atoms. The number of hydrogen-bond acceptors (Lipinski definition) is 6. The molecule has 0 fully saturated rings. The largest absolute Gasteiger partial charge is 0.424 e. The molecule has 1 amide bonds. The molecule has 1 N–H and O–H groups in total. The van der Waals surface area contributed by atoms with Crippen molar-refractivity contribution >= 4 is 21.4 Å². The summed E-state index contributed by atoms with van der Waals surface area (Å²) in [5.41, 5.74) is 2.36. The Kier molecular flexibility index (Phi) is 5.41. The van der Waals surface area contributed by atoms with Crippen molar-refractivity contribution in [2.24, 2.45) is 0 Å². The molecule has 2 aromatic carbocycles. The number of ether oxygens (including phenoxy) is 1. The van der Waals surface area contributed by atoms with E-state index in [1.165, 1.54) is 12.1 Å². The lowest BCUT2D eigenvalue weighted by Gasteiger charge is -2.12. The molecule has 0 atom stereocenters. The van der Waals surface area contributed by atoms with Gasteiger partial charge in [-0.15, -0.1) is 0 Å². The molecule has 0 aliphatic rings. The van der Waals surface area contributed by atoms with Gasteiger partial charge in [-0.05, 0) is 61.4 Å². The molecule has 3 rings (SSSR count). The highest BCUT2D eigenvalue weighted by Gasteiger charge is 2.15. The van der Waals surface area contributed by atoms with Gasteiger partial charge in [0, 0.05) is 29.9 Å². The number of carbonyl (C=O) groups excluding carboxylic acids is 1. The average Bonchev–Trinajstić information content (AvgIpc) is 2.64. The van der Waals surface area contributed by atoms with Gasteiger partial charge in [-0.1, -0.05) is 6.07 Å². The Morgan fingerprint density at radius 3 is 2.36 bits per heavy atom. The summed E-state index contributed by atoms with van der Waals surface area (Å²) < 4.78 is 29.1. The number of nitrogens with zero attached hydrogens (tertiary/aromatic N) is 2. The second kappa shape index (κ2) is 7.77. The summed E-state index contributed by atoms with van der Waals surface area (Å²) in [6.07, 6.45) is 4.27. The van der Waals surface area contributed by atoms with Gasteiger partial charge in [0.05, 0.1) is 4.90 Å². The Labute approximate surface area is 163 Å². The Morgan fingerprint density at radius 1 is 1.00 bits per heavy atom. The minimum Gasteiger partial charge on any atom is -0.424 e. The lowest BCUT2D eigenvalue weighted by Crippen LogP contribution is -2.15. The molecule has 7 nitrogen and oxygen atoms in total. The number of nitrogens with one attached hydrogen (secondary N) is 1. The van der Waals surface area contributed by atoms with Gasteiger partial charge in [-0.25, -0.2) is 18.4 Å². The summed E-state index contributed by atoms with van der Waals surface area (Å²) in [6, 6.07) is 11.6. The summed E-state index contributed by atoms with van der Waals surface area (Å²) in [7, 11) is -3.40. The first kappa shape index (κ1) is 19.5. The number of anilines is 1. The van der Waals surface area contributed by atoms with Crippen LogP contribution in [0, 0.1) is 13.8 Å². The van der Waals surface area contributed by atoms with Crippen LogP contribution >= 0.6 is 0 Å². The van der Waals surface area contributed by atoms with Gasteiger partial charge in [-0.2, -0.15) is 0 Å². The minimum absolute atomic E-state index is 0.103. The molecule has 0 aliphatic carbocycles. The Morgan fingerprint density at radius 2 is 1.71 bits per heavy atom. The van der Waals surface area contributed by atoms with Gasteiger partial charge in [0.15, 0.2) is 9.84 Å². The number of aromatic nitrogens is 2. The van der Waals surface area contributed by atoms with E-state index in [1.807, 2.05) is 6.92 Å². The quantitative estimate of drug-likeness (QED) is 0.707. The summed E-state index contributed by atoms with van der Waals surface area (Å²) in [4.78, 5) is 20.8. The smallest absolute Gasteiger partial charge is 0.321 e. The van der Waals surface area contributed by atoms with Crippen LogP contribution in [-0.4, -0.2) is 30.5 Å². The van der Waals surface area contributed by atoms with Crippen LogP contribution in [0.5, 0.6) is 11.8 Å². The number of benzene rings is 2. The predicted octanol–water partition coefficient (Wildman–Crippen LogP) is 3.54. The highest BCUT2D eigenvalue weighted by Crippen LogP contribution is 2.25. The number of carbonyl (C=O) groups is 1. The maximum atomic E-state index is 12.7. The maximum absolute atomic E-state index is 12.7. The third-order valence-corrected chi connectivity index (χ3v) is 5.19. The molecule has 144 valence electrons. The second-order valence-electron chi connectivity index (χ2n) is 6.31. The fourth-order valence-electron chi connectivity index (χ4n) is 2.55. The molecular weight excluding hydrogens is 378 g/mol. The number of rotatable bonds is 5. The van der Waals surface area contributed by atoms with E-state index in [4.69, 9.17) is 4.74 Å². The number of amides is 1. The molecule has 28 heavy (non-hydrogen) atoms. The summed E-state index contributed by atoms with van der Waals surface area (Å²) >= 11 is 0. The number of aryl methyl sites for hydroxylation is 2. The lowest BCUT2D eigenvalue weighted by atomic mass is 10.1. The summed E-state index contributed by atoms with van der Waals surface area (Å²) in [5, 5.41) is 2.82. The van der Waals surface area contributed by atoms with E-state index in [-0.39, 0.29) is 16.8 Å². The first-order valence-corrected chi connectivity index (χ1v) is 10.3. The minimum atomic E-state index is -3.40. The van der Waals surface area contributed by atoms with Gasteiger partial charge < -0.3 is 10.1 Å². The van der Waals surface area contributed by atoms with Crippen molar-refractivity contribution in [3.63, 3.8) is 0 Å². The van der Waals surface area contributed by atoms with Crippen LogP contribution in [0.25, 0.3) is 0 Å². The van der Waals surface area contributed by atoms with Crippen molar-refractivity contribution in [3.05, 3.63) is 71.5 Å². The van der Waals surface area contributed by atoms with Crippen molar-refractivity contribution < 1.29 is 17.9 Å². The first-order valence-electron chi connectivity index (χ1n) is 8.41. The molecule has 0 unspecified atom stereocenters. The number of hydrogen-bond donors (Lipinski definition) is 1. The van der Waals surface area contributed by atoms with Crippen molar-refractivity contribution in [1.82, 2.24) is 9.97 Å². The van der Waals surface area contributed by atoms with Crippen LogP contribution in [0.15, 0.2) is 59.8 Å². The molecule has 0 bridgehead atoms. The van der Waals surface area contributed by atoms with Crippen LogP contribution in [0.2, 0.25) is 0 Å². The van der Waals surface area contributed by atoms with E-state index < -0.39 is 9.84 Å². The molecule has 1 aromatic heterocycles. The van der Waals surface area contributed by atoms with Crippen LogP contribution in [0.3, 0.4) is 0 Å². The van der Waals surface area contributed by atoms with Crippen LogP contribution in [-0.2, 0) is 9.84 Å². The zero-order valence-corrected chi connectivity index (χ0v) is 16.4. The van der Waals surface area contributed by atoms with Crippen molar-refractivity contribution in [2.45, 2.75) is 18.7 Å². The van der Waals surface area contributed by atoms with Gasteiger partial charge >= 0.3 is 6.01 Å². The van der Waals surface area contributed by atoms with Crippen LogP contribution < -0.4 is 10.1 Å². The Hall–Kier alpha value is -3.26. The van der Waals surface area contributed by atoms with E-state index in [0.717, 1.165) is 11.8 Å². The number of sulfone groups is 1. The fraction of sp³-hybridized carbons (Fsp3) is 0.150. The van der Waals surface area contributed by atoms with Crippen molar-refractivity contribution in [2.75, 3.05) is 11.6 Å². The lowest BCUT2D eigenvalue weighted by molar-refractivity contribution is 0.102. The Balaban J connectivity index is 1.81. The van der Waals surface area contributed by atoms with E-state index in [0.29, 0.717) is 22.6 Å². The molecule has 3 aromatic rings. The Bertz CT molecular complexity index is 1130. The summed E-state index contributed by atoms with van der Waals surface area (Å²) in [5.74, 6) is 0.156. The molecular formula is C20H19N3O4S. The van der Waals surface area contributed by atoms with E-state index in [9.17, 15) is 13.2 Å². The van der Waals surface area contributed by atoms with Crippen molar-refractivity contribution in [1.29, 1.82) is 0 Å². The standard InChI is InChI=1S/C20H19N3O4S/c1-13-5-7-16(28(3,25)26)12-17(13)19(24)23-18-8-6-15(11-14(18)2)27-20-21-9-4-10-22-20/h4-12H,1-3H3,(H,23,24). The predicted molar refractivity (Wildman–Crippen MR) is 106 cm³/mol. The van der Waals surface area contributed by atoms with Crippen LogP contribution in [0.4, 0.5) is 5.69 Å². The zero-order valence-electron chi connectivity index (χ0n) is 15.6. The highest BCUT2D eigenvalue weighted by molar-refractivity contribution is 7.90. The molecule has 0 saturated carbocycles. The zero-order chi connectivity index (χ0) is 20.3. The molecule has 8 heteroatoms. The first-order chi connectivity index (χ1) is 13.2. The highest BCUT2D eigenvalue weighted by atomic mass is 32.2. The van der Waals surface area contributed by atoms with Crippen molar-refractivity contribution in [3.8, 4) is 11.8 Å². The van der Waals surface area contributed by atoms with Gasteiger partial charge in [-0.3, -0.25) is 4.79 Å². The fourth-order valence-corrected chi connectivity index (χ4v) is 3.20. The monoisotopic (exact) mass is 397 g/mol. The van der Waals surface area contributed by atoms with E-state index >= 15 is 0 Å². The normalized spacial score (nSPS) is 11.1. The third kappa shape index (κ3) is 4.52. The molecule has 0 saturated heterocycles.